The predicted octanol–water partition coefficient (Wildman–Crippen LogP) is 3.32. The molecule has 2 saturated heterocycles. The molecule has 0 aromatic heterocycles. The molecule has 2 fully saturated rings. The summed E-state index contributed by atoms with van der Waals surface area (Å²) in [5.74, 6) is 6.81. The van der Waals surface area contributed by atoms with Gasteiger partial charge in [0.2, 0.25) is 0 Å². The van der Waals surface area contributed by atoms with E-state index in [1.165, 1.54) is 0 Å². The molecule has 4 heteroatoms. The van der Waals surface area contributed by atoms with Gasteiger partial charge >= 0.3 is 0 Å². The van der Waals surface area contributed by atoms with Crippen LogP contribution < -0.4 is 5.32 Å². The van der Waals surface area contributed by atoms with E-state index in [4.69, 9.17) is 21.1 Å². The Bertz CT molecular complexity index is 537. The minimum Gasteiger partial charge on any atom is -0.382 e. The number of ether oxygens (including phenoxy) is 2. The number of benzene rings is 1. The minimum absolute atomic E-state index is 0.341. The van der Waals surface area contributed by atoms with Gasteiger partial charge in [-0.05, 0) is 37.5 Å². The van der Waals surface area contributed by atoms with E-state index in [-0.39, 0.29) is 0 Å². The fourth-order valence-corrected chi connectivity index (χ4v) is 2.78. The number of halogens is 1. The van der Waals surface area contributed by atoms with Crippen molar-refractivity contribution in [2.75, 3.05) is 31.7 Å². The third-order valence-corrected chi connectivity index (χ3v) is 4.23. The van der Waals surface area contributed by atoms with Crippen molar-refractivity contribution in [2.24, 2.45) is 5.92 Å². The van der Waals surface area contributed by atoms with Gasteiger partial charge < -0.3 is 14.8 Å². The molecule has 0 saturated carbocycles. The average Bonchev–Trinajstić information content (AvgIpc) is 3.02. The molecule has 2 aliphatic heterocycles. The molecule has 112 valence electrons. The Balaban J connectivity index is 1.69. The van der Waals surface area contributed by atoms with Gasteiger partial charge in [-0.25, -0.2) is 0 Å². The van der Waals surface area contributed by atoms with Crippen LogP contribution in [0.2, 0.25) is 5.02 Å². The summed E-state index contributed by atoms with van der Waals surface area (Å²) in [6.45, 7) is 3.22. The van der Waals surface area contributed by atoms with Gasteiger partial charge in [-0.3, -0.25) is 0 Å². The maximum absolute atomic E-state index is 6.24. The molecule has 3 nitrogen and oxygen atoms in total. The molecule has 0 aliphatic carbocycles. The van der Waals surface area contributed by atoms with Crippen LogP contribution in [0.4, 0.5) is 5.69 Å². The maximum Gasteiger partial charge on any atom is 0.0604 e. The number of hydrogen-bond acceptors (Lipinski definition) is 3. The minimum atomic E-state index is 0.341. The number of rotatable bonds is 2. The highest BCUT2D eigenvalue weighted by molar-refractivity contribution is 6.31. The van der Waals surface area contributed by atoms with E-state index >= 15 is 0 Å². The lowest BCUT2D eigenvalue weighted by atomic mass is 10.1. The van der Waals surface area contributed by atoms with E-state index in [9.17, 15) is 0 Å². The summed E-state index contributed by atoms with van der Waals surface area (Å²) in [7, 11) is 0. The fraction of sp³-hybridized carbons (Fsp3) is 0.529. The smallest absolute Gasteiger partial charge is 0.0604 e. The number of hydrogen-bond donors (Lipinski definition) is 1. The molecule has 1 atom stereocenters. The molecule has 0 bridgehead atoms. The quantitative estimate of drug-likeness (QED) is 0.850. The van der Waals surface area contributed by atoms with Gasteiger partial charge in [0.05, 0.1) is 11.6 Å². The zero-order chi connectivity index (χ0) is 14.5. The Morgan fingerprint density at radius 1 is 1.10 bits per heavy atom. The molecule has 1 aromatic rings. The van der Waals surface area contributed by atoms with Crippen LogP contribution in [0.25, 0.3) is 0 Å². The number of anilines is 1. The van der Waals surface area contributed by atoms with Gasteiger partial charge in [-0.2, -0.15) is 0 Å². The van der Waals surface area contributed by atoms with Gasteiger partial charge in [-0.1, -0.05) is 23.4 Å². The zero-order valence-electron chi connectivity index (χ0n) is 12.0. The summed E-state index contributed by atoms with van der Waals surface area (Å²) in [4.78, 5) is 0. The van der Waals surface area contributed by atoms with Crippen LogP contribution in [-0.4, -0.2) is 32.5 Å². The zero-order valence-corrected chi connectivity index (χ0v) is 12.8. The van der Waals surface area contributed by atoms with Gasteiger partial charge in [0.25, 0.3) is 0 Å². The van der Waals surface area contributed by atoms with E-state index < -0.39 is 0 Å². The first kappa shape index (κ1) is 14.7. The van der Waals surface area contributed by atoms with Crippen molar-refractivity contribution < 1.29 is 9.47 Å². The van der Waals surface area contributed by atoms with Crippen LogP contribution >= 0.6 is 11.6 Å². The lowest BCUT2D eigenvalue weighted by Crippen LogP contribution is -2.27. The lowest BCUT2D eigenvalue weighted by Gasteiger charge is -2.24. The second-order valence-electron chi connectivity index (χ2n) is 5.56. The molecule has 1 unspecified atom stereocenters. The molecule has 3 rings (SSSR count). The van der Waals surface area contributed by atoms with Crippen LogP contribution in [0.1, 0.15) is 24.8 Å². The first-order valence-electron chi connectivity index (χ1n) is 7.54. The van der Waals surface area contributed by atoms with Gasteiger partial charge in [-0.15, -0.1) is 0 Å². The summed E-state index contributed by atoms with van der Waals surface area (Å²) in [5.41, 5.74) is 1.97. The normalized spacial score (nSPS) is 22.6. The standard InChI is InChI=1S/C17H20ClNO2/c18-17-4-3-16(19-15-6-9-20-10-7-15)11-14(17)2-1-13-5-8-21-12-13/h3-4,11,13,15,19H,5-10,12H2. The largest absolute Gasteiger partial charge is 0.382 e. The number of nitrogens with one attached hydrogen (secondary N) is 1. The molecule has 0 spiro atoms. The third kappa shape index (κ3) is 4.14. The van der Waals surface area contributed by atoms with Crippen molar-refractivity contribution in [3.8, 4) is 11.8 Å². The van der Waals surface area contributed by atoms with Crippen molar-refractivity contribution >= 4 is 17.3 Å². The van der Waals surface area contributed by atoms with Crippen molar-refractivity contribution in [3.05, 3.63) is 28.8 Å². The second kappa shape index (κ2) is 7.17. The van der Waals surface area contributed by atoms with E-state index in [2.05, 4.69) is 17.2 Å². The predicted molar refractivity (Wildman–Crippen MR) is 84.7 cm³/mol. The summed E-state index contributed by atoms with van der Waals surface area (Å²) in [5, 5.41) is 4.25. The summed E-state index contributed by atoms with van der Waals surface area (Å²) < 4.78 is 10.7. The van der Waals surface area contributed by atoms with Crippen LogP contribution in [-0.2, 0) is 9.47 Å². The molecule has 2 aliphatic rings. The highest BCUT2D eigenvalue weighted by Gasteiger charge is 2.14. The van der Waals surface area contributed by atoms with Crippen LogP contribution in [0.3, 0.4) is 0 Å². The molecular weight excluding hydrogens is 286 g/mol. The van der Waals surface area contributed by atoms with Crippen LogP contribution in [0.5, 0.6) is 0 Å². The van der Waals surface area contributed by atoms with E-state index in [0.717, 1.165) is 56.9 Å². The van der Waals surface area contributed by atoms with Crippen LogP contribution in [0, 0.1) is 17.8 Å². The van der Waals surface area contributed by atoms with Crippen molar-refractivity contribution in [3.63, 3.8) is 0 Å². The summed E-state index contributed by atoms with van der Waals surface area (Å²) >= 11 is 6.24. The Hall–Kier alpha value is -1.21. The first-order valence-corrected chi connectivity index (χ1v) is 7.92. The molecule has 0 amide bonds. The Morgan fingerprint density at radius 3 is 2.67 bits per heavy atom. The average molecular weight is 306 g/mol. The summed E-state index contributed by atoms with van der Waals surface area (Å²) in [6, 6.07) is 6.45. The molecule has 0 radical (unpaired) electrons. The summed E-state index contributed by atoms with van der Waals surface area (Å²) in [6.07, 6.45) is 3.11. The topological polar surface area (TPSA) is 30.5 Å². The van der Waals surface area contributed by atoms with Crippen molar-refractivity contribution in [1.29, 1.82) is 0 Å². The lowest BCUT2D eigenvalue weighted by molar-refractivity contribution is 0.0904. The Morgan fingerprint density at radius 2 is 1.90 bits per heavy atom. The highest BCUT2D eigenvalue weighted by Crippen LogP contribution is 2.22. The molecule has 1 N–H and O–H groups in total. The second-order valence-corrected chi connectivity index (χ2v) is 5.96. The molecular formula is C17H20ClNO2. The van der Waals surface area contributed by atoms with E-state index in [1.54, 1.807) is 0 Å². The first-order chi connectivity index (χ1) is 10.3. The van der Waals surface area contributed by atoms with E-state index in [0.29, 0.717) is 17.0 Å². The maximum atomic E-state index is 6.24. The van der Waals surface area contributed by atoms with Gasteiger partial charge in [0, 0.05) is 43.0 Å². The fourth-order valence-electron chi connectivity index (χ4n) is 2.62. The highest BCUT2D eigenvalue weighted by atomic mass is 35.5. The monoisotopic (exact) mass is 305 g/mol. The molecule has 1 aromatic carbocycles. The SMILES string of the molecule is Clc1ccc(NC2CCOCC2)cc1C#CC1CCOC1. The van der Waals surface area contributed by atoms with Gasteiger partial charge in [0.1, 0.15) is 0 Å². The van der Waals surface area contributed by atoms with Gasteiger partial charge in [0.15, 0.2) is 0 Å². The Labute approximate surface area is 131 Å². The van der Waals surface area contributed by atoms with Crippen LogP contribution in [0.15, 0.2) is 18.2 Å². The van der Waals surface area contributed by atoms with E-state index in [1.807, 2.05) is 18.2 Å². The van der Waals surface area contributed by atoms with Crippen molar-refractivity contribution in [1.82, 2.24) is 0 Å². The molecule has 2 heterocycles. The third-order valence-electron chi connectivity index (χ3n) is 3.90. The molecule has 21 heavy (non-hydrogen) atoms. The van der Waals surface area contributed by atoms with Crippen molar-refractivity contribution in [2.45, 2.75) is 25.3 Å². The Kier molecular flexibility index (Phi) is 5.03.